The highest BCUT2D eigenvalue weighted by Crippen LogP contribution is 2.54. The van der Waals surface area contributed by atoms with Crippen LogP contribution in [0, 0.1) is 0 Å². The fraction of sp³-hybridized carbons (Fsp3) is 0.0857. The summed E-state index contributed by atoms with van der Waals surface area (Å²) in [5, 5.41) is 2.21. The van der Waals surface area contributed by atoms with E-state index in [1.54, 1.807) is 0 Å². The van der Waals surface area contributed by atoms with E-state index in [9.17, 15) is 0 Å². The Morgan fingerprint density at radius 1 is 0.397 bits per heavy atom. The number of hydrogen-bond donors (Lipinski definition) is 0. The minimum atomic E-state index is -0.587. The zero-order chi connectivity index (χ0) is 49.1. The van der Waals surface area contributed by atoms with Gasteiger partial charge in [-0.15, -0.1) is 0 Å². The Morgan fingerprint density at radius 2 is 0.973 bits per heavy atom. The molecule has 10 aromatic carbocycles. The van der Waals surface area contributed by atoms with Crippen LogP contribution >= 0.6 is 0 Å². The zero-order valence-electron chi connectivity index (χ0n) is 41.3. The van der Waals surface area contributed by atoms with Crippen molar-refractivity contribution in [2.45, 2.75) is 38.1 Å². The first-order valence-corrected chi connectivity index (χ1v) is 25.5. The first kappa shape index (κ1) is 44.1. The lowest BCUT2D eigenvalue weighted by atomic mass is 9.76. The number of anilines is 5. The van der Waals surface area contributed by atoms with Gasteiger partial charge in [-0.2, -0.15) is 0 Å². The van der Waals surface area contributed by atoms with Crippen LogP contribution in [-0.2, 0) is 5.41 Å². The van der Waals surface area contributed by atoms with Crippen molar-refractivity contribution in [2.24, 2.45) is 0 Å². The maximum atomic E-state index is 6.90. The molecule has 0 amide bonds. The second kappa shape index (κ2) is 17.7. The largest absolute Gasteiger partial charge is 0.454 e. The normalized spacial score (nSPS) is 15.5. The molecule has 3 heteroatoms. The third kappa shape index (κ3) is 7.42. The Balaban J connectivity index is 0.995. The van der Waals surface area contributed by atoms with Gasteiger partial charge in [0.1, 0.15) is 5.58 Å². The minimum Gasteiger partial charge on any atom is -0.454 e. The van der Waals surface area contributed by atoms with Crippen molar-refractivity contribution >= 4 is 55.9 Å². The van der Waals surface area contributed by atoms with E-state index in [4.69, 9.17) is 4.42 Å². The van der Waals surface area contributed by atoms with Gasteiger partial charge in [-0.25, -0.2) is 0 Å². The van der Waals surface area contributed by atoms with Crippen LogP contribution in [0.1, 0.15) is 43.9 Å². The highest BCUT2D eigenvalue weighted by atomic mass is 16.3. The number of fused-ring (bicyclic) bond motifs is 6. The lowest BCUT2D eigenvalue weighted by Crippen LogP contribution is -2.45. The highest BCUT2D eigenvalue weighted by molar-refractivity contribution is 6.10. The molecule has 1 heterocycles. The van der Waals surface area contributed by atoms with E-state index in [0.29, 0.717) is 0 Å². The van der Waals surface area contributed by atoms with Crippen molar-refractivity contribution in [3.8, 4) is 44.5 Å². The van der Waals surface area contributed by atoms with Gasteiger partial charge < -0.3 is 14.2 Å². The molecule has 1 aromatic heterocycles. The monoisotopic (exact) mass is 938 g/mol. The quantitative estimate of drug-likeness (QED) is 0.136. The lowest BCUT2D eigenvalue weighted by molar-refractivity contribution is 0.584. The number of para-hydroxylation sites is 3. The number of nitrogens with zero attached hydrogens (tertiary/aromatic N) is 2. The molecule has 1 unspecified atom stereocenters. The van der Waals surface area contributed by atoms with E-state index in [1.165, 1.54) is 50.1 Å². The van der Waals surface area contributed by atoms with Gasteiger partial charge in [0.25, 0.3) is 0 Å². The van der Waals surface area contributed by atoms with Gasteiger partial charge in [-0.05, 0) is 129 Å². The van der Waals surface area contributed by atoms with E-state index in [-0.39, 0.29) is 5.41 Å². The summed E-state index contributed by atoms with van der Waals surface area (Å²) in [5.41, 5.74) is 21.1. The van der Waals surface area contributed by atoms with Gasteiger partial charge in [0, 0.05) is 38.8 Å². The molecule has 0 saturated heterocycles. The van der Waals surface area contributed by atoms with Crippen molar-refractivity contribution in [1.29, 1.82) is 0 Å². The number of hydrogen-bond acceptors (Lipinski definition) is 3. The molecule has 0 bridgehead atoms. The van der Waals surface area contributed by atoms with Crippen LogP contribution in [-0.4, -0.2) is 5.54 Å². The minimum absolute atomic E-state index is 0.165. The Labute approximate surface area is 428 Å². The Hall–Kier alpha value is -8.92. The van der Waals surface area contributed by atoms with E-state index in [2.05, 4.69) is 291 Å². The molecule has 350 valence electrons. The molecule has 1 atom stereocenters. The third-order valence-electron chi connectivity index (χ3n) is 15.5. The van der Waals surface area contributed by atoms with E-state index in [1.807, 2.05) is 0 Å². The molecule has 73 heavy (non-hydrogen) atoms. The van der Waals surface area contributed by atoms with E-state index >= 15 is 0 Å². The second-order valence-corrected chi connectivity index (χ2v) is 20.2. The zero-order valence-corrected chi connectivity index (χ0v) is 41.3. The fourth-order valence-electron chi connectivity index (χ4n) is 11.9. The summed E-state index contributed by atoms with van der Waals surface area (Å²) >= 11 is 0. The summed E-state index contributed by atoms with van der Waals surface area (Å²) in [6.07, 6.45) is 7.67. The van der Waals surface area contributed by atoms with Crippen LogP contribution in [0.5, 0.6) is 0 Å². The average molecular weight is 939 g/mol. The first-order chi connectivity index (χ1) is 35.8. The van der Waals surface area contributed by atoms with Crippen molar-refractivity contribution in [3.05, 3.63) is 278 Å². The summed E-state index contributed by atoms with van der Waals surface area (Å²) in [5.74, 6) is 0. The highest BCUT2D eigenvalue weighted by Gasteiger charge is 2.41. The second-order valence-electron chi connectivity index (χ2n) is 20.2. The molecule has 0 saturated carbocycles. The topological polar surface area (TPSA) is 19.6 Å². The van der Waals surface area contributed by atoms with Gasteiger partial charge in [-0.3, -0.25) is 0 Å². The van der Waals surface area contributed by atoms with E-state index in [0.717, 1.165) is 73.5 Å². The average Bonchev–Trinajstić information content (AvgIpc) is 3.94. The van der Waals surface area contributed by atoms with Crippen LogP contribution < -0.4 is 9.80 Å². The van der Waals surface area contributed by atoms with E-state index < -0.39 is 5.54 Å². The summed E-state index contributed by atoms with van der Waals surface area (Å²) < 4.78 is 6.90. The Kier molecular flexibility index (Phi) is 10.7. The summed E-state index contributed by atoms with van der Waals surface area (Å²) in [7, 11) is 0. The molecule has 2 aliphatic carbocycles. The fourth-order valence-corrected chi connectivity index (χ4v) is 11.9. The SMILES string of the molecule is CC1(C)c2ccccc2-c2ccc(N(c3ccc(-c4ccccc4)cc3)c3ccccc3-c3ccccc3C3=CC=CCC3(C)N(c3cccc(-c4ccccc4)c3)c3cccc4c3oc3ccccc34)cc21. The van der Waals surface area contributed by atoms with Crippen molar-refractivity contribution in [2.75, 3.05) is 9.80 Å². The van der Waals surface area contributed by atoms with Gasteiger partial charge >= 0.3 is 0 Å². The molecule has 0 aliphatic heterocycles. The van der Waals surface area contributed by atoms with Gasteiger partial charge in [0.2, 0.25) is 0 Å². The molecule has 0 radical (unpaired) electrons. The van der Waals surface area contributed by atoms with Crippen molar-refractivity contribution in [1.82, 2.24) is 0 Å². The summed E-state index contributed by atoms with van der Waals surface area (Å²) in [6.45, 7) is 7.14. The Morgan fingerprint density at radius 3 is 1.77 bits per heavy atom. The van der Waals surface area contributed by atoms with Gasteiger partial charge in [0.05, 0.1) is 16.9 Å². The van der Waals surface area contributed by atoms with Crippen LogP contribution in [0.15, 0.2) is 265 Å². The molecule has 11 aromatic rings. The maximum Gasteiger partial charge on any atom is 0.159 e. The smallest absolute Gasteiger partial charge is 0.159 e. The number of rotatable bonds is 10. The van der Waals surface area contributed by atoms with Gasteiger partial charge in [-0.1, -0.05) is 220 Å². The Bertz CT molecular complexity index is 3940. The molecule has 0 spiro atoms. The van der Waals surface area contributed by atoms with Crippen LogP contribution in [0.25, 0.3) is 72.0 Å². The summed E-state index contributed by atoms with van der Waals surface area (Å²) in [6, 6.07) is 88.4. The van der Waals surface area contributed by atoms with Gasteiger partial charge in [0.15, 0.2) is 5.58 Å². The third-order valence-corrected chi connectivity index (χ3v) is 15.5. The predicted molar refractivity (Wildman–Crippen MR) is 307 cm³/mol. The molecular formula is C70H54N2O. The predicted octanol–water partition coefficient (Wildman–Crippen LogP) is 19.3. The molecule has 13 rings (SSSR count). The molecule has 0 N–H and O–H groups in total. The summed E-state index contributed by atoms with van der Waals surface area (Å²) in [4.78, 5) is 5.02. The molecule has 3 nitrogen and oxygen atoms in total. The number of allylic oxidation sites excluding steroid dienone is 2. The molecule has 0 fully saturated rings. The van der Waals surface area contributed by atoms with Crippen LogP contribution in [0.2, 0.25) is 0 Å². The maximum absolute atomic E-state index is 6.90. The standard InChI is InChI=1S/C70H54N2O/c1-69(2)62-34-15-12-30-57(62)58-44-43-53(47-64(58)69)71(52-41-39-50(40-42-52)48-22-6-4-7-23-48)65-36-16-13-31-59(65)55-28-10-11-29-56(55)63-35-18-19-45-70(63,3)72(54-27-20-26-51(46-54)49-24-8-5-9-25-49)66-37-21-33-61-60-32-14-17-38-67(60)73-68(61)66/h4-44,46-47H,45H2,1-3H3. The van der Waals surface area contributed by atoms with Crippen LogP contribution in [0.4, 0.5) is 28.4 Å². The van der Waals surface area contributed by atoms with Crippen LogP contribution in [0.3, 0.4) is 0 Å². The lowest BCUT2D eigenvalue weighted by Gasteiger charge is -2.46. The van der Waals surface area contributed by atoms with Crippen molar-refractivity contribution < 1.29 is 4.42 Å². The molecular weight excluding hydrogens is 885 g/mol. The number of furan rings is 1. The number of benzene rings is 10. The first-order valence-electron chi connectivity index (χ1n) is 25.5. The molecule has 2 aliphatic rings. The van der Waals surface area contributed by atoms with Crippen molar-refractivity contribution in [3.63, 3.8) is 0 Å².